The zero-order valence-corrected chi connectivity index (χ0v) is 9.39. The molecule has 0 aliphatic carbocycles. The van der Waals surface area contributed by atoms with Gasteiger partial charge in [-0.25, -0.2) is 4.39 Å². The normalized spacial score (nSPS) is 22.2. The van der Waals surface area contributed by atoms with Crippen LogP contribution in [0.2, 0.25) is 0 Å². The lowest BCUT2D eigenvalue weighted by atomic mass is 10.1. The number of carbonyl (C=O) groups excluding carboxylic acids is 1. The van der Waals surface area contributed by atoms with Gasteiger partial charge in [0.25, 0.3) is 0 Å². The van der Waals surface area contributed by atoms with Crippen LogP contribution in [-0.2, 0) is 16.1 Å². The van der Waals surface area contributed by atoms with Gasteiger partial charge in [-0.2, -0.15) is 0 Å². The van der Waals surface area contributed by atoms with E-state index >= 15 is 0 Å². The molecule has 1 heterocycles. The SMILES string of the molecule is CC1ON=CC1NC(=O)Cc1ccc(F)cc1. The summed E-state index contributed by atoms with van der Waals surface area (Å²) in [6, 6.07) is 5.68. The smallest absolute Gasteiger partial charge is 0.225 e. The summed E-state index contributed by atoms with van der Waals surface area (Å²) in [6.07, 6.45) is 1.64. The largest absolute Gasteiger partial charge is 0.390 e. The Balaban J connectivity index is 1.89. The van der Waals surface area contributed by atoms with E-state index in [1.807, 2.05) is 6.92 Å². The van der Waals surface area contributed by atoms with Gasteiger partial charge in [0.1, 0.15) is 18.0 Å². The standard InChI is InChI=1S/C12H13FN2O2/c1-8-11(7-14-17-8)15-12(16)6-9-2-4-10(13)5-3-9/h2-5,7-8,11H,6H2,1H3,(H,15,16). The lowest BCUT2D eigenvalue weighted by Crippen LogP contribution is -2.41. The highest BCUT2D eigenvalue weighted by molar-refractivity contribution is 5.83. The van der Waals surface area contributed by atoms with E-state index in [9.17, 15) is 9.18 Å². The molecule has 1 aromatic carbocycles. The maximum Gasteiger partial charge on any atom is 0.225 e. The van der Waals surface area contributed by atoms with Crippen molar-refractivity contribution in [1.82, 2.24) is 5.32 Å². The highest BCUT2D eigenvalue weighted by atomic mass is 19.1. The lowest BCUT2D eigenvalue weighted by molar-refractivity contribution is -0.121. The Morgan fingerprint density at radius 1 is 1.47 bits per heavy atom. The Labute approximate surface area is 98.5 Å². The molecule has 17 heavy (non-hydrogen) atoms. The van der Waals surface area contributed by atoms with Crippen molar-refractivity contribution >= 4 is 12.1 Å². The number of carbonyl (C=O) groups is 1. The van der Waals surface area contributed by atoms with Crippen LogP contribution in [0.3, 0.4) is 0 Å². The minimum atomic E-state index is -0.306. The van der Waals surface area contributed by atoms with E-state index in [4.69, 9.17) is 4.84 Å². The molecule has 2 rings (SSSR count). The molecule has 1 amide bonds. The quantitative estimate of drug-likeness (QED) is 0.858. The number of rotatable bonds is 3. The summed E-state index contributed by atoms with van der Waals surface area (Å²) in [4.78, 5) is 16.6. The molecule has 0 aromatic heterocycles. The Kier molecular flexibility index (Phi) is 3.37. The molecule has 0 saturated carbocycles. The van der Waals surface area contributed by atoms with Crippen LogP contribution in [-0.4, -0.2) is 24.3 Å². The van der Waals surface area contributed by atoms with Crippen molar-refractivity contribution in [2.24, 2.45) is 5.16 Å². The highest BCUT2D eigenvalue weighted by Crippen LogP contribution is 2.06. The first kappa shape index (κ1) is 11.6. The van der Waals surface area contributed by atoms with Crippen LogP contribution < -0.4 is 5.32 Å². The predicted octanol–water partition coefficient (Wildman–Crippen LogP) is 1.26. The number of amides is 1. The number of nitrogens with zero attached hydrogens (tertiary/aromatic N) is 1. The van der Waals surface area contributed by atoms with Gasteiger partial charge in [-0.3, -0.25) is 4.79 Å². The minimum Gasteiger partial charge on any atom is -0.390 e. The van der Waals surface area contributed by atoms with Crippen LogP contribution in [0.25, 0.3) is 0 Å². The second kappa shape index (κ2) is 4.95. The molecular formula is C12H13FN2O2. The molecule has 90 valence electrons. The van der Waals surface area contributed by atoms with Crippen LogP contribution in [0.15, 0.2) is 29.4 Å². The summed E-state index contributed by atoms with van der Waals surface area (Å²) >= 11 is 0. The van der Waals surface area contributed by atoms with E-state index in [1.54, 1.807) is 18.3 Å². The van der Waals surface area contributed by atoms with Gasteiger partial charge in [0.15, 0.2) is 0 Å². The first-order valence-electron chi connectivity index (χ1n) is 5.38. The monoisotopic (exact) mass is 236 g/mol. The number of hydrogen-bond acceptors (Lipinski definition) is 3. The zero-order valence-electron chi connectivity index (χ0n) is 9.39. The number of halogens is 1. The zero-order chi connectivity index (χ0) is 12.3. The molecule has 2 atom stereocenters. The van der Waals surface area contributed by atoms with Gasteiger partial charge in [-0.1, -0.05) is 17.3 Å². The second-order valence-electron chi connectivity index (χ2n) is 3.96. The van der Waals surface area contributed by atoms with Crippen LogP contribution in [0, 0.1) is 5.82 Å². The molecule has 0 spiro atoms. The van der Waals surface area contributed by atoms with E-state index in [2.05, 4.69) is 10.5 Å². The first-order valence-corrected chi connectivity index (χ1v) is 5.38. The number of nitrogens with one attached hydrogen (secondary N) is 1. The van der Waals surface area contributed by atoms with Gasteiger partial charge in [0.05, 0.1) is 12.6 Å². The van der Waals surface area contributed by atoms with Crippen LogP contribution in [0.5, 0.6) is 0 Å². The molecule has 0 radical (unpaired) electrons. The number of oxime groups is 1. The maximum absolute atomic E-state index is 12.7. The van der Waals surface area contributed by atoms with E-state index in [1.165, 1.54) is 12.1 Å². The summed E-state index contributed by atoms with van der Waals surface area (Å²) < 4.78 is 12.7. The van der Waals surface area contributed by atoms with E-state index in [0.717, 1.165) is 5.56 Å². The highest BCUT2D eigenvalue weighted by Gasteiger charge is 2.23. The van der Waals surface area contributed by atoms with Gasteiger partial charge >= 0.3 is 0 Å². The van der Waals surface area contributed by atoms with Crippen molar-refractivity contribution in [2.45, 2.75) is 25.5 Å². The average Bonchev–Trinajstić information content (AvgIpc) is 2.68. The van der Waals surface area contributed by atoms with Crippen molar-refractivity contribution in [3.05, 3.63) is 35.6 Å². The van der Waals surface area contributed by atoms with Crippen molar-refractivity contribution in [1.29, 1.82) is 0 Å². The summed E-state index contributed by atoms with van der Waals surface area (Å²) in [5.41, 5.74) is 0.771. The van der Waals surface area contributed by atoms with Gasteiger partial charge in [-0.15, -0.1) is 0 Å². The molecule has 1 aromatic rings. The second-order valence-corrected chi connectivity index (χ2v) is 3.96. The molecule has 1 aliphatic rings. The molecule has 1 aliphatic heterocycles. The molecule has 5 heteroatoms. The molecule has 0 fully saturated rings. The van der Waals surface area contributed by atoms with Crippen LogP contribution >= 0.6 is 0 Å². The van der Waals surface area contributed by atoms with E-state index < -0.39 is 0 Å². The molecule has 0 saturated heterocycles. The fourth-order valence-electron chi connectivity index (χ4n) is 1.56. The lowest BCUT2D eigenvalue weighted by Gasteiger charge is -2.13. The third-order valence-corrected chi connectivity index (χ3v) is 2.56. The van der Waals surface area contributed by atoms with E-state index in [-0.39, 0.29) is 30.3 Å². The topological polar surface area (TPSA) is 50.7 Å². The average molecular weight is 236 g/mol. The Morgan fingerprint density at radius 3 is 2.76 bits per heavy atom. The molecule has 1 N–H and O–H groups in total. The Morgan fingerprint density at radius 2 is 2.18 bits per heavy atom. The van der Waals surface area contributed by atoms with Crippen molar-refractivity contribution in [2.75, 3.05) is 0 Å². The predicted molar refractivity (Wildman–Crippen MR) is 61.1 cm³/mol. The summed E-state index contributed by atoms with van der Waals surface area (Å²) in [7, 11) is 0. The first-order chi connectivity index (χ1) is 8.15. The van der Waals surface area contributed by atoms with Crippen LogP contribution in [0.1, 0.15) is 12.5 Å². The van der Waals surface area contributed by atoms with Gasteiger partial charge in [0, 0.05) is 0 Å². The molecule has 4 nitrogen and oxygen atoms in total. The molecule has 0 bridgehead atoms. The van der Waals surface area contributed by atoms with Gasteiger partial charge < -0.3 is 10.2 Å². The summed E-state index contributed by atoms with van der Waals surface area (Å²) in [5.74, 6) is -0.440. The summed E-state index contributed by atoms with van der Waals surface area (Å²) in [6.45, 7) is 1.83. The third kappa shape index (κ3) is 3.03. The molecule has 2 unspecified atom stereocenters. The maximum atomic E-state index is 12.7. The van der Waals surface area contributed by atoms with Gasteiger partial charge in [-0.05, 0) is 24.6 Å². The number of benzene rings is 1. The molecular weight excluding hydrogens is 223 g/mol. The van der Waals surface area contributed by atoms with Crippen molar-refractivity contribution < 1.29 is 14.0 Å². The van der Waals surface area contributed by atoms with Crippen molar-refractivity contribution in [3.63, 3.8) is 0 Å². The van der Waals surface area contributed by atoms with E-state index in [0.29, 0.717) is 0 Å². The fourth-order valence-corrected chi connectivity index (χ4v) is 1.56. The Bertz CT molecular complexity index is 431. The van der Waals surface area contributed by atoms with Gasteiger partial charge in [0.2, 0.25) is 5.91 Å². The minimum absolute atomic E-state index is 0.134. The number of hydrogen-bond donors (Lipinski definition) is 1. The van der Waals surface area contributed by atoms with Crippen LogP contribution in [0.4, 0.5) is 4.39 Å². The Hall–Kier alpha value is -1.91. The summed E-state index contributed by atoms with van der Waals surface area (Å²) in [5, 5.41) is 6.41. The fraction of sp³-hybridized carbons (Fsp3) is 0.333. The van der Waals surface area contributed by atoms with Crippen molar-refractivity contribution in [3.8, 4) is 0 Å². The third-order valence-electron chi connectivity index (χ3n) is 2.56.